The molecule has 0 spiro atoms. The van der Waals surface area contributed by atoms with Crippen LogP contribution in [0.4, 0.5) is 0 Å². The van der Waals surface area contributed by atoms with E-state index in [1.54, 1.807) is 57.2 Å². The summed E-state index contributed by atoms with van der Waals surface area (Å²) in [6.07, 6.45) is 4.79. The molecular weight excluding hydrogens is 1150 g/mol. The standard InChI is InChI=1S/C69H91N5O16/c1-13-14-26-52-55(75)40-49(38-45-29-30-46-22-15-16-23-47(46)37-45)65(81)73(9)54(42-89-68(2,3)4)64(80)70-41-59(76)71(7)35-19-18-28-61(78)88-44-69(5,6)63(79)66(82)74-36-20-17-27-53(74)67(83)90-56(48-24-21-25-50(39-48)87-43-60(77)72(52)8)32-31-51-57(84-10)33-34-58(85-11)62(51)86-12/h15-16,18,21-25,28-30,33-34,37,39,49,52-54,56H,13-14,17,19-20,26-27,31-32,35-36,38,40-44H2,1-12H3,(H,70,80)/t49-,52+,53+,54+,56-/m1/s1. The number of benzene rings is 4. The van der Waals surface area contributed by atoms with E-state index < -0.39 is 108 Å². The number of rotatable bonds is 13. The first-order valence-corrected chi connectivity index (χ1v) is 30.9. The van der Waals surface area contributed by atoms with Crippen LogP contribution < -0.4 is 24.3 Å². The lowest BCUT2D eigenvalue weighted by atomic mass is 9.87. The third-order valence-electron chi connectivity index (χ3n) is 16.4. The summed E-state index contributed by atoms with van der Waals surface area (Å²) in [4.78, 5) is 134. The Labute approximate surface area is 529 Å². The minimum Gasteiger partial charge on any atom is -0.496 e. The zero-order valence-corrected chi connectivity index (χ0v) is 54.4. The maximum Gasteiger partial charge on any atom is 0.330 e. The molecule has 90 heavy (non-hydrogen) atoms. The van der Waals surface area contributed by atoms with E-state index in [1.807, 2.05) is 49.4 Å². The number of unbranched alkanes of at least 4 members (excludes halogenated alkanes) is 1. The highest BCUT2D eigenvalue weighted by atomic mass is 16.5. The number of amides is 5. The molecule has 1 N–H and O–H groups in total. The van der Waals surface area contributed by atoms with Crippen LogP contribution in [0.25, 0.3) is 10.8 Å². The molecule has 4 aromatic rings. The summed E-state index contributed by atoms with van der Waals surface area (Å²) in [5.74, 6) is -5.42. The lowest BCUT2D eigenvalue weighted by Crippen LogP contribution is -2.54. The van der Waals surface area contributed by atoms with Gasteiger partial charge in [0.1, 0.15) is 36.3 Å². The summed E-state index contributed by atoms with van der Waals surface area (Å²) in [7, 11) is 9.05. The molecule has 0 radical (unpaired) electrons. The average molecular weight is 1250 g/mol. The van der Waals surface area contributed by atoms with Gasteiger partial charge in [0.25, 0.3) is 11.8 Å². The Morgan fingerprint density at radius 3 is 2.17 bits per heavy atom. The molecule has 4 aromatic carbocycles. The van der Waals surface area contributed by atoms with Crippen LogP contribution in [0.1, 0.15) is 122 Å². The van der Waals surface area contributed by atoms with Gasteiger partial charge in [0, 0.05) is 58.2 Å². The largest absolute Gasteiger partial charge is 0.496 e. The second-order valence-electron chi connectivity index (χ2n) is 24.7. The zero-order chi connectivity index (χ0) is 65.9. The molecule has 0 unspecified atom stereocenters. The minimum atomic E-state index is -1.51. The maximum atomic E-state index is 15.2. The second-order valence-corrected chi connectivity index (χ2v) is 24.7. The molecule has 0 aliphatic carbocycles. The van der Waals surface area contributed by atoms with E-state index in [9.17, 15) is 38.4 Å². The van der Waals surface area contributed by atoms with E-state index in [0.717, 1.165) is 22.4 Å². The number of ketones is 2. The first kappa shape index (κ1) is 70.8. The van der Waals surface area contributed by atoms with Crippen LogP contribution in [0.3, 0.4) is 0 Å². The number of cyclic esters (lactones) is 2. The van der Waals surface area contributed by atoms with Gasteiger partial charge < -0.3 is 58.1 Å². The van der Waals surface area contributed by atoms with Gasteiger partial charge in [0.15, 0.2) is 23.9 Å². The van der Waals surface area contributed by atoms with Crippen LogP contribution >= 0.6 is 0 Å². The van der Waals surface area contributed by atoms with Crippen molar-refractivity contribution in [2.24, 2.45) is 11.3 Å². The van der Waals surface area contributed by atoms with Gasteiger partial charge in [-0.2, -0.15) is 0 Å². The summed E-state index contributed by atoms with van der Waals surface area (Å²) in [5.41, 5.74) is -0.404. The summed E-state index contributed by atoms with van der Waals surface area (Å²) < 4.78 is 41.4. The Hall–Kier alpha value is -8.33. The maximum absolute atomic E-state index is 15.2. The topological polar surface area (TPSA) is 243 Å². The zero-order valence-electron chi connectivity index (χ0n) is 54.4. The van der Waals surface area contributed by atoms with Gasteiger partial charge >= 0.3 is 11.9 Å². The van der Waals surface area contributed by atoms with Crippen molar-refractivity contribution in [3.05, 3.63) is 108 Å². The van der Waals surface area contributed by atoms with Gasteiger partial charge in [-0.15, -0.1) is 0 Å². The van der Waals surface area contributed by atoms with Gasteiger partial charge in [-0.05, 0) is 132 Å². The molecule has 2 heterocycles. The Kier molecular flexibility index (Phi) is 25.9. The lowest BCUT2D eigenvalue weighted by Gasteiger charge is -2.36. The molecule has 2 aliphatic heterocycles. The molecule has 6 rings (SSSR count). The minimum absolute atomic E-state index is 0.0835. The van der Waals surface area contributed by atoms with Crippen molar-refractivity contribution in [2.45, 2.75) is 142 Å². The van der Waals surface area contributed by atoms with Crippen molar-refractivity contribution in [1.82, 2.24) is 24.9 Å². The van der Waals surface area contributed by atoms with Crippen LogP contribution in [0, 0.1) is 11.3 Å². The third kappa shape index (κ3) is 19.3. The van der Waals surface area contributed by atoms with E-state index in [1.165, 1.54) is 82.0 Å². The number of carbonyl (C=O) groups is 9. The fraction of sp³-hybridized carbons (Fsp3) is 0.522. The number of esters is 2. The number of likely N-dealkylation sites (N-methyl/N-ethyl adjacent to an activating group) is 3. The highest BCUT2D eigenvalue weighted by Gasteiger charge is 2.43. The van der Waals surface area contributed by atoms with Crippen molar-refractivity contribution in [2.75, 3.05) is 81.9 Å². The van der Waals surface area contributed by atoms with Crippen LogP contribution in [-0.4, -0.2) is 178 Å². The summed E-state index contributed by atoms with van der Waals surface area (Å²) in [6.45, 7) is 8.86. The number of nitrogens with zero attached hydrogens (tertiary/aromatic N) is 4. The molecular formula is C69H91N5O16. The SMILES string of the molecule is CCCC[C@H]1C(=O)C[C@@H](Cc2ccc3ccccc3c2)C(=O)N(C)[C@@H](COC(C)(C)C)C(=O)NCC(=O)N(C)CCC=CC(=O)OCC(C)(C)C(=O)C(=O)N2CCCC[C@H]2C(=O)O[C@H](CCc2c(OC)ccc(OC)c2OC)c2cccc(c2)OCC(=O)N1C. The predicted octanol–water partition coefficient (Wildman–Crippen LogP) is 7.99. The number of Topliss-reactive ketones (excluding diaryl/α,β-unsaturated/α-hetero) is 2. The van der Waals surface area contributed by atoms with Crippen LogP contribution in [-0.2, 0) is 70.2 Å². The number of carbonyl (C=O) groups excluding carboxylic acids is 9. The molecule has 21 heteroatoms. The van der Waals surface area contributed by atoms with Gasteiger partial charge in [-0.3, -0.25) is 33.6 Å². The Morgan fingerprint density at radius 1 is 0.744 bits per heavy atom. The van der Waals surface area contributed by atoms with E-state index in [4.69, 9.17) is 33.2 Å². The van der Waals surface area contributed by atoms with E-state index in [-0.39, 0.29) is 76.2 Å². The Morgan fingerprint density at radius 2 is 1.47 bits per heavy atom. The number of piperidine rings is 1. The number of ether oxygens (including phenoxy) is 7. The highest BCUT2D eigenvalue weighted by Crippen LogP contribution is 2.40. The number of nitrogens with one attached hydrogen (secondary N) is 1. The molecule has 5 amide bonds. The molecule has 2 bridgehead atoms. The highest BCUT2D eigenvalue weighted by molar-refractivity contribution is 6.38. The van der Waals surface area contributed by atoms with Crippen LogP contribution in [0.5, 0.6) is 23.0 Å². The molecule has 5 atom stereocenters. The van der Waals surface area contributed by atoms with Crippen molar-refractivity contribution >= 4 is 63.8 Å². The Balaban J connectivity index is 1.37. The molecule has 21 nitrogen and oxygen atoms in total. The van der Waals surface area contributed by atoms with Gasteiger partial charge in [0.2, 0.25) is 23.5 Å². The fourth-order valence-corrected chi connectivity index (χ4v) is 11.0. The Bertz CT molecular complexity index is 3230. The van der Waals surface area contributed by atoms with Crippen LogP contribution in [0.2, 0.25) is 0 Å². The summed E-state index contributed by atoms with van der Waals surface area (Å²) in [6, 6.07) is 20.3. The first-order valence-electron chi connectivity index (χ1n) is 30.9. The number of hydrogen-bond donors (Lipinski definition) is 1. The fourth-order valence-electron chi connectivity index (χ4n) is 11.0. The first-order chi connectivity index (χ1) is 42.8. The molecule has 488 valence electrons. The van der Waals surface area contributed by atoms with Crippen LogP contribution in [0.15, 0.2) is 91.0 Å². The van der Waals surface area contributed by atoms with E-state index >= 15 is 4.79 Å². The third-order valence-corrected chi connectivity index (χ3v) is 16.4. The smallest absolute Gasteiger partial charge is 0.330 e. The monoisotopic (exact) mass is 1250 g/mol. The van der Waals surface area contributed by atoms with E-state index in [2.05, 4.69) is 5.32 Å². The van der Waals surface area contributed by atoms with E-state index in [0.29, 0.717) is 54.1 Å². The van der Waals surface area contributed by atoms with Crippen molar-refractivity contribution in [1.29, 1.82) is 0 Å². The number of fused-ring (bicyclic) bond motifs is 4. The normalized spacial score (nSPS) is 21.4. The molecule has 0 saturated carbocycles. The second kappa shape index (κ2) is 32.9. The quantitative estimate of drug-likeness (QED) is 0.0985. The predicted molar refractivity (Wildman–Crippen MR) is 338 cm³/mol. The molecule has 2 aliphatic rings. The number of methoxy groups -OCH3 is 3. The molecule has 1 fully saturated rings. The summed E-state index contributed by atoms with van der Waals surface area (Å²) >= 11 is 0. The van der Waals surface area contributed by atoms with Crippen molar-refractivity contribution < 1.29 is 76.3 Å². The number of hydrogen-bond acceptors (Lipinski definition) is 16. The van der Waals surface area contributed by atoms with Gasteiger partial charge in [-0.25, -0.2) is 9.59 Å². The van der Waals surface area contributed by atoms with Gasteiger partial charge in [-0.1, -0.05) is 80.4 Å². The van der Waals surface area contributed by atoms with Crippen molar-refractivity contribution in [3.63, 3.8) is 0 Å². The van der Waals surface area contributed by atoms with Gasteiger partial charge in [0.05, 0.1) is 51.5 Å². The summed E-state index contributed by atoms with van der Waals surface area (Å²) in [5, 5.41) is 4.59. The lowest BCUT2D eigenvalue weighted by molar-refractivity contribution is -0.165. The van der Waals surface area contributed by atoms with Crippen molar-refractivity contribution in [3.8, 4) is 23.0 Å². The molecule has 1 saturated heterocycles. The average Bonchev–Trinajstić information content (AvgIpc) is 1.59. The molecule has 0 aromatic heterocycles.